The lowest BCUT2D eigenvalue weighted by Gasteiger charge is -2.26. The SMILES string of the molecule is C=C(C)C(=O)N1CCCCC1. The van der Waals surface area contributed by atoms with Crippen LogP contribution in [-0.2, 0) is 4.79 Å². The second-order valence-corrected chi connectivity index (χ2v) is 3.13. The Morgan fingerprint density at radius 3 is 2.27 bits per heavy atom. The molecule has 0 radical (unpaired) electrons. The molecule has 1 saturated heterocycles. The number of likely N-dealkylation sites (tertiary alicyclic amines) is 1. The number of carbonyl (C=O) groups excluding carboxylic acids is 1. The van der Waals surface area contributed by atoms with Crippen LogP contribution in [0.15, 0.2) is 12.2 Å². The smallest absolute Gasteiger partial charge is 0.248 e. The zero-order valence-electron chi connectivity index (χ0n) is 7.10. The largest absolute Gasteiger partial charge is 0.339 e. The van der Waals surface area contributed by atoms with E-state index in [0.717, 1.165) is 25.9 Å². The fraction of sp³-hybridized carbons (Fsp3) is 0.667. The molecule has 0 aromatic rings. The molecule has 0 atom stereocenters. The van der Waals surface area contributed by atoms with Gasteiger partial charge >= 0.3 is 0 Å². The summed E-state index contributed by atoms with van der Waals surface area (Å²) in [5.74, 6) is 0.129. The van der Waals surface area contributed by atoms with Crippen molar-refractivity contribution in [1.29, 1.82) is 0 Å². The fourth-order valence-corrected chi connectivity index (χ4v) is 1.37. The zero-order chi connectivity index (χ0) is 8.27. The maximum Gasteiger partial charge on any atom is 0.248 e. The number of hydrogen-bond acceptors (Lipinski definition) is 1. The van der Waals surface area contributed by atoms with E-state index in [0.29, 0.717) is 5.57 Å². The summed E-state index contributed by atoms with van der Waals surface area (Å²) < 4.78 is 0. The van der Waals surface area contributed by atoms with Crippen molar-refractivity contribution in [3.8, 4) is 0 Å². The van der Waals surface area contributed by atoms with Crippen molar-refractivity contribution in [2.45, 2.75) is 26.2 Å². The second kappa shape index (κ2) is 3.56. The van der Waals surface area contributed by atoms with Gasteiger partial charge in [-0.3, -0.25) is 4.79 Å². The minimum atomic E-state index is 0.129. The minimum Gasteiger partial charge on any atom is -0.339 e. The van der Waals surface area contributed by atoms with Gasteiger partial charge in [-0.1, -0.05) is 6.58 Å². The number of piperidine rings is 1. The molecule has 1 fully saturated rings. The Kier molecular flexibility index (Phi) is 2.69. The van der Waals surface area contributed by atoms with E-state index < -0.39 is 0 Å². The van der Waals surface area contributed by atoms with E-state index in [1.54, 1.807) is 6.92 Å². The number of carbonyl (C=O) groups is 1. The van der Waals surface area contributed by atoms with Crippen LogP contribution in [0.5, 0.6) is 0 Å². The average Bonchev–Trinajstić information content (AvgIpc) is 2.05. The van der Waals surface area contributed by atoms with Gasteiger partial charge in [-0.2, -0.15) is 0 Å². The summed E-state index contributed by atoms with van der Waals surface area (Å²) in [5, 5.41) is 0. The summed E-state index contributed by atoms with van der Waals surface area (Å²) in [7, 11) is 0. The van der Waals surface area contributed by atoms with E-state index in [9.17, 15) is 4.79 Å². The first kappa shape index (κ1) is 8.31. The Balaban J connectivity index is 2.45. The topological polar surface area (TPSA) is 20.3 Å². The Hall–Kier alpha value is -0.790. The van der Waals surface area contributed by atoms with Gasteiger partial charge in [0.25, 0.3) is 0 Å². The van der Waals surface area contributed by atoms with Crippen molar-refractivity contribution in [3.05, 3.63) is 12.2 Å². The quantitative estimate of drug-likeness (QED) is 0.524. The number of amides is 1. The highest BCUT2D eigenvalue weighted by Crippen LogP contribution is 2.10. The van der Waals surface area contributed by atoms with Crippen molar-refractivity contribution in [3.63, 3.8) is 0 Å². The Bertz CT molecular complexity index is 168. The third kappa shape index (κ3) is 2.07. The highest BCUT2D eigenvalue weighted by Gasteiger charge is 2.15. The molecule has 2 nitrogen and oxygen atoms in total. The molecule has 0 aliphatic carbocycles. The van der Waals surface area contributed by atoms with Gasteiger partial charge < -0.3 is 4.90 Å². The lowest BCUT2D eigenvalue weighted by molar-refractivity contribution is -0.127. The molecule has 0 bridgehead atoms. The summed E-state index contributed by atoms with van der Waals surface area (Å²) in [6, 6.07) is 0. The molecule has 2 heteroatoms. The van der Waals surface area contributed by atoms with Crippen molar-refractivity contribution >= 4 is 5.91 Å². The molecular formula is C9H15NO. The van der Waals surface area contributed by atoms with Crippen molar-refractivity contribution < 1.29 is 4.79 Å². The highest BCUT2D eigenvalue weighted by atomic mass is 16.2. The normalized spacial score (nSPS) is 18.1. The Labute approximate surface area is 67.9 Å². The van der Waals surface area contributed by atoms with E-state index in [1.807, 2.05) is 4.90 Å². The van der Waals surface area contributed by atoms with E-state index >= 15 is 0 Å². The average molecular weight is 153 g/mol. The van der Waals surface area contributed by atoms with Gasteiger partial charge in [0.15, 0.2) is 0 Å². The van der Waals surface area contributed by atoms with Gasteiger partial charge in [0.1, 0.15) is 0 Å². The van der Waals surface area contributed by atoms with Gasteiger partial charge in [-0.25, -0.2) is 0 Å². The van der Waals surface area contributed by atoms with Crippen LogP contribution in [0, 0.1) is 0 Å². The van der Waals surface area contributed by atoms with Crippen LogP contribution in [0.25, 0.3) is 0 Å². The van der Waals surface area contributed by atoms with Crippen LogP contribution in [0.2, 0.25) is 0 Å². The number of hydrogen-bond donors (Lipinski definition) is 0. The molecule has 1 amide bonds. The standard InChI is InChI=1S/C9H15NO/c1-8(2)9(11)10-6-4-3-5-7-10/h1,3-7H2,2H3. The molecular weight excluding hydrogens is 138 g/mol. The van der Waals surface area contributed by atoms with E-state index in [2.05, 4.69) is 6.58 Å². The third-order valence-corrected chi connectivity index (χ3v) is 2.01. The van der Waals surface area contributed by atoms with Crippen LogP contribution in [0.1, 0.15) is 26.2 Å². The molecule has 0 aromatic heterocycles. The Morgan fingerprint density at radius 1 is 1.27 bits per heavy atom. The lowest BCUT2D eigenvalue weighted by Crippen LogP contribution is -2.35. The maximum atomic E-state index is 11.3. The molecule has 0 spiro atoms. The molecule has 11 heavy (non-hydrogen) atoms. The van der Waals surface area contributed by atoms with Gasteiger partial charge in [0, 0.05) is 18.7 Å². The van der Waals surface area contributed by atoms with Gasteiger partial charge in [-0.15, -0.1) is 0 Å². The molecule has 0 unspecified atom stereocenters. The van der Waals surface area contributed by atoms with E-state index in [4.69, 9.17) is 0 Å². The first-order valence-electron chi connectivity index (χ1n) is 4.16. The van der Waals surface area contributed by atoms with Crippen molar-refractivity contribution in [1.82, 2.24) is 4.90 Å². The van der Waals surface area contributed by atoms with Gasteiger partial charge in [0.05, 0.1) is 0 Å². The van der Waals surface area contributed by atoms with E-state index in [1.165, 1.54) is 6.42 Å². The fourth-order valence-electron chi connectivity index (χ4n) is 1.37. The monoisotopic (exact) mass is 153 g/mol. The van der Waals surface area contributed by atoms with Crippen molar-refractivity contribution in [2.75, 3.05) is 13.1 Å². The first-order chi connectivity index (χ1) is 5.22. The molecule has 0 aromatic carbocycles. The maximum absolute atomic E-state index is 11.3. The number of rotatable bonds is 1. The summed E-state index contributed by atoms with van der Waals surface area (Å²) >= 11 is 0. The Morgan fingerprint density at radius 2 is 1.82 bits per heavy atom. The molecule has 1 aliphatic heterocycles. The first-order valence-corrected chi connectivity index (χ1v) is 4.16. The molecule has 62 valence electrons. The summed E-state index contributed by atoms with van der Waals surface area (Å²) in [6.45, 7) is 7.26. The summed E-state index contributed by atoms with van der Waals surface area (Å²) in [6.07, 6.45) is 3.57. The minimum absolute atomic E-state index is 0.129. The highest BCUT2D eigenvalue weighted by molar-refractivity contribution is 5.92. The van der Waals surface area contributed by atoms with Crippen LogP contribution in [0.3, 0.4) is 0 Å². The van der Waals surface area contributed by atoms with Gasteiger partial charge in [0.2, 0.25) is 5.91 Å². The lowest BCUT2D eigenvalue weighted by atomic mass is 10.1. The van der Waals surface area contributed by atoms with Crippen LogP contribution < -0.4 is 0 Å². The summed E-state index contributed by atoms with van der Waals surface area (Å²) in [4.78, 5) is 13.2. The van der Waals surface area contributed by atoms with Crippen molar-refractivity contribution in [2.24, 2.45) is 0 Å². The predicted molar refractivity (Wildman–Crippen MR) is 45.2 cm³/mol. The van der Waals surface area contributed by atoms with Gasteiger partial charge in [-0.05, 0) is 26.2 Å². The molecule has 1 rings (SSSR count). The van der Waals surface area contributed by atoms with Crippen LogP contribution in [0.4, 0.5) is 0 Å². The predicted octanol–water partition coefficient (Wildman–Crippen LogP) is 1.57. The third-order valence-electron chi connectivity index (χ3n) is 2.01. The van der Waals surface area contributed by atoms with Crippen LogP contribution in [-0.4, -0.2) is 23.9 Å². The second-order valence-electron chi connectivity index (χ2n) is 3.13. The number of nitrogens with zero attached hydrogens (tertiary/aromatic N) is 1. The molecule has 0 saturated carbocycles. The molecule has 0 N–H and O–H groups in total. The molecule has 1 heterocycles. The zero-order valence-corrected chi connectivity index (χ0v) is 7.10. The summed E-state index contributed by atoms with van der Waals surface area (Å²) in [5.41, 5.74) is 0.659. The molecule has 1 aliphatic rings. The van der Waals surface area contributed by atoms with Crippen LogP contribution >= 0.6 is 0 Å². The van der Waals surface area contributed by atoms with E-state index in [-0.39, 0.29) is 5.91 Å².